The zero-order valence-corrected chi connectivity index (χ0v) is 11.1. The van der Waals surface area contributed by atoms with Gasteiger partial charge in [0.05, 0.1) is 0 Å². The summed E-state index contributed by atoms with van der Waals surface area (Å²) in [5, 5.41) is 3.60. The molecule has 1 aliphatic carbocycles. The van der Waals surface area contributed by atoms with Crippen molar-refractivity contribution >= 4 is 0 Å². The first-order chi connectivity index (χ1) is 9.36. The molecular formula is C12H18F3N3O2. The Labute approximate surface area is 114 Å². The third-order valence-corrected chi connectivity index (χ3v) is 3.36. The number of nitrogens with zero attached hydrogens (tertiary/aromatic N) is 2. The molecule has 8 heteroatoms. The van der Waals surface area contributed by atoms with Crippen LogP contribution < -0.4 is 5.73 Å². The van der Waals surface area contributed by atoms with E-state index >= 15 is 0 Å². The lowest BCUT2D eigenvalue weighted by Crippen LogP contribution is -2.43. The van der Waals surface area contributed by atoms with Crippen molar-refractivity contribution < 1.29 is 22.4 Å². The van der Waals surface area contributed by atoms with E-state index in [1.54, 1.807) is 0 Å². The molecule has 1 aromatic heterocycles. The molecule has 0 saturated heterocycles. The molecule has 1 aromatic rings. The maximum Gasteiger partial charge on any atom is 0.411 e. The SMILES string of the molecule is NC1(Cc2nc(COCC(F)(F)F)no2)CCCCC1. The van der Waals surface area contributed by atoms with Crippen LogP contribution in [0.1, 0.15) is 43.8 Å². The first-order valence-electron chi connectivity index (χ1n) is 6.61. The van der Waals surface area contributed by atoms with Gasteiger partial charge < -0.3 is 15.0 Å². The smallest absolute Gasteiger partial charge is 0.364 e. The fraction of sp³-hybridized carbons (Fsp3) is 0.833. The maximum atomic E-state index is 11.9. The Kier molecular flexibility index (Phi) is 4.64. The fourth-order valence-corrected chi connectivity index (χ4v) is 2.41. The molecule has 2 N–H and O–H groups in total. The van der Waals surface area contributed by atoms with Crippen LogP contribution in [0.2, 0.25) is 0 Å². The van der Waals surface area contributed by atoms with E-state index in [1.807, 2.05) is 0 Å². The van der Waals surface area contributed by atoms with Gasteiger partial charge in [-0.25, -0.2) is 0 Å². The molecule has 1 aliphatic rings. The average molecular weight is 293 g/mol. The molecule has 1 fully saturated rings. The molecule has 2 rings (SSSR count). The minimum atomic E-state index is -4.35. The minimum Gasteiger partial charge on any atom is -0.364 e. The van der Waals surface area contributed by atoms with E-state index in [1.165, 1.54) is 6.42 Å². The van der Waals surface area contributed by atoms with Crippen LogP contribution in [0.3, 0.4) is 0 Å². The average Bonchev–Trinajstić information content (AvgIpc) is 2.75. The number of aromatic nitrogens is 2. The number of hydrogen-bond acceptors (Lipinski definition) is 5. The van der Waals surface area contributed by atoms with Gasteiger partial charge in [0.1, 0.15) is 13.2 Å². The van der Waals surface area contributed by atoms with Crippen molar-refractivity contribution in [2.24, 2.45) is 5.73 Å². The van der Waals surface area contributed by atoms with E-state index in [-0.39, 0.29) is 18.0 Å². The molecule has 114 valence electrons. The molecule has 0 amide bonds. The highest BCUT2D eigenvalue weighted by Crippen LogP contribution is 2.28. The van der Waals surface area contributed by atoms with E-state index < -0.39 is 12.8 Å². The van der Waals surface area contributed by atoms with E-state index in [4.69, 9.17) is 10.3 Å². The molecule has 0 spiro atoms. The van der Waals surface area contributed by atoms with Crippen LogP contribution in [-0.4, -0.2) is 28.5 Å². The van der Waals surface area contributed by atoms with Gasteiger partial charge in [-0.15, -0.1) is 0 Å². The van der Waals surface area contributed by atoms with Gasteiger partial charge in [0, 0.05) is 12.0 Å². The Bertz CT molecular complexity index is 428. The fourth-order valence-electron chi connectivity index (χ4n) is 2.41. The Morgan fingerprint density at radius 2 is 1.95 bits per heavy atom. The first-order valence-corrected chi connectivity index (χ1v) is 6.61. The van der Waals surface area contributed by atoms with Crippen LogP contribution in [0.25, 0.3) is 0 Å². The quantitative estimate of drug-likeness (QED) is 0.902. The van der Waals surface area contributed by atoms with Crippen LogP contribution in [0, 0.1) is 0 Å². The van der Waals surface area contributed by atoms with Crippen molar-refractivity contribution in [1.29, 1.82) is 0 Å². The van der Waals surface area contributed by atoms with E-state index in [0.29, 0.717) is 12.3 Å². The second kappa shape index (κ2) is 6.09. The molecule has 0 aromatic carbocycles. The number of ether oxygens (including phenoxy) is 1. The predicted molar refractivity (Wildman–Crippen MR) is 63.7 cm³/mol. The standard InChI is InChI=1S/C12H18F3N3O2/c13-12(14,15)8-19-7-9-17-10(20-18-9)6-11(16)4-2-1-3-5-11/h1-8,16H2. The van der Waals surface area contributed by atoms with Crippen LogP contribution in [0.4, 0.5) is 13.2 Å². The largest absolute Gasteiger partial charge is 0.411 e. The van der Waals surface area contributed by atoms with Gasteiger partial charge in [-0.3, -0.25) is 0 Å². The molecule has 1 heterocycles. The summed E-state index contributed by atoms with van der Waals surface area (Å²) in [5.41, 5.74) is 5.91. The van der Waals surface area contributed by atoms with Gasteiger partial charge in [0.2, 0.25) is 5.89 Å². The Balaban J connectivity index is 1.82. The summed E-state index contributed by atoms with van der Waals surface area (Å²) < 4.78 is 45.2. The summed E-state index contributed by atoms with van der Waals surface area (Å²) in [6.07, 6.45) is 1.23. The highest BCUT2D eigenvalue weighted by Gasteiger charge is 2.30. The number of rotatable bonds is 5. The van der Waals surface area contributed by atoms with Crippen LogP contribution in [0.15, 0.2) is 4.52 Å². The van der Waals surface area contributed by atoms with Gasteiger partial charge in [-0.2, -0.15) is 18.2 Å². The summed E-state index contributed by atoms with van der Waals surface area (Å²) in [6, 6.07) is 0. The van der Waals surface area contributed by atoms with E-state index in [2.05, 4.69) is 14.9 Å². The van der Waals surface area contributed by atoms with Crippen molar-refractivity contribution in [2.45, 2.75) is 56.8 Å². The van der Waals surface area contributed by atoms with Crippen molar-refractivity contribution in [2.75, 3.05) is 6.61 Å². The highest BCUT2D eigenvalue weighted by molar-refractivity contribution is 4.97. The summed E-state index contributed by atoms with van der Waals surface area (Å²) in [4.78, 5) is 4.02. The Morgan fingerprint density at radius 3 is 2.60 bits per heavy atom. The van der Waals surface area contributed by atoms with Crippen molar-refractivity contribution in [3.8, 4) is 0 Å². The highest BCUT2D eigenvalue weighted by atomic mass is 19.4. The third-order valence-electron chi connectivity index (χ3n) is 3.36. The molecule has 0 radical (unpaired) electrons. The molecule has 0 aliphatic heterocycles. The first kappa shape index (κ1) is 15.2. The lowest BCUT2D eigenvalue weighted by atomic mass is 9.80. The van der Waals surface area contributed by atoms with E-state index in [9.17, 15) is 13.2 Å². The summed E-state index contributed by atoms with van der Waals surface area (Å²) in [5.74, 6) is 0.476. The summed E-state index contributed by atoms with van der Waals surface area (Å²) in [7, 11) is 0. The van der Waals surface area contributed by atoms with Crippen molar-refractivity contribution in [3.63, 3.8) is 0 Å². The summed E-state index contributed by atoms with van der Waals surface area (Å²) >= 11 is 0. The molecule has 1 saturated carbocycles. The lowest BCUT2D eigenvalue weighted by Gasteiger charge is -2.31. The second-order valence-electron chi connectivity index (χ2n) is 5.31. The van der Waals surface area contributed by atoms with Crippen LogP contribution in [-0.2, 0) is 17.8 Å². The zero-order chi connectivity index (χ0) is 14.6. The topological polar surface area (TPSA) is 74.2 Å². The minimum absolute atomic E-state index is 0.114. The Morgan fingerprint density at radius 1 is 1.25 bits per heavy atom. The zero-order valence-electron chi connectivity index (χ0n) is 11.1. The normalized spacial score (nSPS) is 19.2. The molecule has 5 nitrogen and oxygen atoms in total. The lowest BCUT2D eigenvalue weighted by molar-refractivity contribution is -0.177. The van der Waals surface area contributed by atoms with Crippen molar-refractivity contribution in [3.05, 3.63) is 11.7 Å². The predicted octanol–water partition coefficient (Wildman–Crippen LogP) is 2.35. The van der Waals surface area contributed by atoms with E-state index in [0.717, 1.165) is 25.7 Å². The van der Waals surface area contributed by atoms with Gasteiger partial charge in [0.25, 0.3) is 0 Å². The second-order valence-corrected chi connectivity index (χ2v) is 5.31. The molecule has 0 bridgehead atoms. The van der Waals surface area contributed by atoms with Crippen LogP contribution in [0.5, 0.6) is 0 Å². The third kappa shape index (κ3) is 4.75. The van der Waals surface area contributed by atoms with Crippen molar-refractivity contribution in [1.82, 2.24) is 10.1 Å². The van der Waals surface area contributed by atoms with Crippen LogP contribution >= 0.6 is 0 Å². The Hall–Kier alpha value is -1.15. The number of nitrogens with two attached hydrogens (primary N) is 1. The number of alkyl halides is 3. The molecule has 0 unspecified atom stereocenters. The van der Waals surface area contributed by atoms with Gasteiger partial charge >= 0.3 is 6.18 Å². The molecule has 0 atom stereocenters. The molecular weight excluding hydrogens is 275 g/mol. The van der Waals surface area contributed by atoms with Gasteiger partial charge in [0.15, 0.2) is 5.82 Å². The van der Waals surface area contributed by atoms with Gasteiger partial charge in [-0.1, -0.05) is 24.4 Å². The van der Waals surface area contributed by atoms with Gasteiger partial charge in [-0.05, 0) is 12.8 Å². The maximum absolute atomic E-state index is 11.9. The number of halogens is 3. The molecule has 20 heavy (non-hydrogen) atoms. The number of hydrogen-bond donors (Lipinski definition) is 1. The monoisotopic (exact) mass is 293 g/mol. The summed E-state index contributed by atoms with van der Waals surface area (Å²) in [6.45, 7) is -1.64.